The molecular weight excluding hydrogens is 380 g/mol. The summed E-state index contributed by atoms with van der Waals surface area (Å²) in [5.74, 6) is 0. The van der Waals surface area contributed by atoms with Gasteiger partial charge in [0, 0.05) is 35.2 Å². The Morgan fingerprint density at radius 1 is 0.929 bits per heavy atom. The maximum Gasteiger partial charge on any atom is 0.332 e. The SMILES string of the molecule is O=c1ccn(-c2cc(-c3cccc(Cl)c3)c(=O)n(-c3cccnc3)c2)c(=O)[nH]1. The molecule has 0 fully saturated rings. The average Bonchev–Trinajstić information content (AvgIpc) is 2.69. The van der Waals surface area contributed by atoms with Crippen molar-refractivity contribution >= 4 is 11.6 Å². The second-order valence-corrected chi connectivity index (χ2v) is 6.43. The Balaban J connectivity index is 2.05. The van der Waals surface area contributed by atoms with Crippen LogP contribution in [0.3, 0.4) is 0 Å². The number of hydrogen-bond acceptors (Lipinski definition) is 4. The fourth-order valence-corrected chi connectivity index (χ4v) is 3.06. The van der Waals surface area contributed by atoms with E-state index in [9.17, 15) is 14.4 Å². The van der Waals surface area contributed by atoms with Gasteiger partial charge in [-0.1, -0.05) is 23.7 Å². The Kier molecular flexibility index (Phi) is 4.50. The number of aromatic amines is 1. The topological polar surface area (TPSA) is 89.8 Å². The van der Waals surface area contributed by atoms with Gasteiger partial charge in [-0.25, -0.2) is 4.79 Å². The molecule has 0 aliphatic rings. The van der Waals surface area contributed by atoms with Gasteiger partial charge in [-0.15, -0.1) is 0 Å². The molecule has 3 aromatic heterocycles. The summed E-state index contributed by atoms with van der Waals surface area (Å²) in [4.78, 5) is 43.1. The van der Waals surface area contributed by atoms with Gasteiger partial charge in [0.15, 0.2) is 0 Å². The number of hydrogen-bond donors (Lipinski definition) is 1. The van der Waals surface area contributed by atoms with Gasteiger partial charge in [0.05, 0.1) is 17.6 Å². The fourth-order valence-electron chi connectivity index (χ4n) is 2.87. The van der Waals surface area contributed by atoms with Gasteiger partial charge >= 0.3 is 5.69 Å². The van der Waals surface area contributed by atoms with E-state index in [2.05, 4.69) is 9.97 Å². The van der Waals surface area contributed by atoms with Gasteiger partial charge in [-0.05, 0) is 35.9 Å². The van der Waals surface area contributed by atoms with Crippen LogP contribution in [0.4, 0.5) is 0 Å². The zero-order valence-electron chi connectivity index (χ0n) is 14.4. The van der Waals surface area contributed by atoms with E-state index in [0.717, 1.165) is 0 Å². The lowest BCUT2D eigenvalue weighted by molar-refractivity contribution is 0.870. The van der Waals surface area contributed by atoms with Gasteiger partial charge in [0.25, 0.3) is 11.1 Å². The highest BCUT2D eigenvalue weighted by molar-refractivity contribution is 6.30. The molecule has 1 N–H and O–H groups in total. The smallest absolute Gasteiger partial charge is 0.280 e. The molecule has 0 amide bonds. The van der Waals surface area contributed by atoms with E-state index in [-0.39, 0.29) is 5.56 Å². The fraction of sp³-hybridized carbons (Fsp3) is 0. The van der Waals surface area contributed by atoms with Gasteiger partial charge < -0.3 is 0 Å². The number of rotatable bonds is 3. The molecule has 8 heteroatoms. The van der Waals surface area contributed by atoms with Crippen LogP contribution in [0, 0.1) is 0 Å². The van der Waals surface area contributed by atoms with E-state index in [1.54, 1.807) is 54.9 Å². The molecule has 0 aliphatic heterocycles. The van der Waals surface area contributed by atoms with Crippen molar-refractivity contribution in [3.8, 4) is 22.5 Å². The van der Waals surface area contributed by atoms with Crippen LogP contribution in [0.1, 0.15) is 0 Å². The highest BCUT2D eigenvalue weighted by Gasteiger charge is 2.13. The van der Waals surface area contributed by atoms with Crippen molar-refractivity contribution in [1.82, 2.24) is 19.1 Å². The van der Waals surface area contributed by atoms with Crippen LogP contribution in [0.2, 0.25) is 5.02 Å². The first-order valence-electron chi connectivity index (χ1n) is 8.28. The molecule has 28 heavy (non-hydrogen) atoms. The van der Waals surface area contributed by atoms with Gasteiger partial charge in [0.1, 0.15) is 0 Å². The number of nitrogens with zero attached hydrogens (tertiary/aromatic N) is 3. The third-order valence-electron chi connectivity index (χ3n) is 4.16. The summed E-state index contributed by atoms with van der Waals surface area (Å²) in [7, 11) is 0. The summed E-state index contributed by atoms with van der Waals surface area (Å²) in [6, 6.07) is 13.1. The summed E-state index contributed by atoms with van der Waals surface area (Å²) in [6.45, 7) is 0. The van der Waals surface area contributed by atoms with Crippen molar-refractivity contribution < 1.29 is 0 Å². The Labute approximate surface area is 163 Å². The standard InChI is InChI=1S/C20H13ClN4O3/c21-14-4-1-3-13(9-14)17-10-16(24-8-6-18(26)23-20(24)28)12-25(19(17)27)15-5-2-7-22-11-15/h1-12H,(H,23,26,28). The first kappa shape index (κ1) is 17.7. The Morgan fingerprint density at radius 2 is 1.79 bits per heavy atom. The van der Waals surface area contributed by atoms with Crippen LogP contribution in [-0.4, -0.2) is 19.1 Å². The minimum absolute atomic E-state index is 0.295. The highest BCUT2D eigenvalue weighted by atomic mass is 35.5. The molecule has 0 bridgehead atoms. The molecule has 3 heterocycles. The first-order valence-corrected chi connectivity index (χ1v) is 8.66. The lowest BCUT2D eigenvalue weighted by Gasteiger charge is -2.13. The monoisotopic (exact) mass is 392 g/mol. The van der Waals surface area contributed by atoms with E-state index in [1.165, 1.54) is 27.6 Å². The van der Waals surface area contributed by atoms with Gasteiger partial charge in [-0.2, -0.15) is 0 Å². The number of nitrogens with one attached hydrogen (secondary N) is 1. The third kappa shape index (κ3) is 3.30. The number of pyridine rings is 2. The Bertz CT molecular complexity index is 1340. The Morgan fingerprint density at radius 3 is 2.50 bits per heavy atom. The minimum Gasteiger partial charge on any atom is -0.280 e. The molecule has 0 spiro atoms. The second-order valence-electron chi connectivity index (χ2n) is 5.99. The zero-order valence-corrected chi connectivity index (χ0v) is 15.1. The average molecular weight is 393 g/mol. The maximum absolute atomic E-state index is 13.2. The normalized spacial score (nSPS) is 10.8. The van der Waals surface area contributed by atoms with Crippen molar-refractivity contribution in [2.75, 3.05) is 0 Å². The predicted molar refractivity (Wildman–Crippen MR) is 106 cm³/mol. The summed E-state index contributed by atoms with van der Waals surface area (Å²) in [5, 5.41) is 0.483. The maximum atomic E-state index is 13.2. The van der Waals surface area contributed by atoms with Crippen LogP contribution >= 0.6 is 11.6 Å². The molecule has 7 nitrogen and oxygen atoms in total. The van der Waals surface area contributed by atoms with Gasteiger partial charge in [0.2, 0.25) is 0 Å². The Hall–Kier alpha value is -3.71. The predicted octanol–water partition coefficient (Wildman–Crippen LogP) is 2.39. The van der Waals surface area contributed by atoms with Crippen molar-refractivity contribution in [2.24, 2.45) is 0 Å². The molecule has 0 atom stereocenters. The van der Waals surface area contributed by atoms with Crippen LogP contribution < -0.4 is 16.8 Å². The quantitative estimate of drug-likeness (QED) is 0.579. The zero-order chi connectivity index (χ0) is 19.7. The molecule has 1 aromatic carbocycles. The molecular formula is C20H13ClN4O3. The third-order valence-corrected chi connectivity index (χ3v) is 4.40. The largest absolute Gasteiger partial charge is 0.332 e. The molecule has 0 radical (unpaired) electrons. The van der Waals surface area contributed by atoms with Crippen LogP contribution in [0.5, 0.6) is 0 Å². The van der Waals surface area contributed by atoms with Crippen molar-refractivity contribution in [3.63, 3.8) is 0 Å². The molecule has 0 saturated carbocycles. The summed E-state index contributed by atoms with van der Waals surface area (Å²) in [5.41, 5.74) is 0.487. The molecule has 0 unspecified atom stereocenters. The molecule has 4 aromatic rings. The van der Waals surface area contributed by atoms with E-state index in [1.807, 2.05) is 0 Å². The van der Waals surface area contributed by atoms with E-state index in [0.29, 0.717) is 27.5 Å². The van der Waals surface area contributed by atoms with Crippen molar-refractivity contribution in [2.45, 2.75) is 0 Å². The summed E-state index contributed by atoms with van der Waals surface area (Å²) in [6.07, 6.45) is 6.02. The number of aromatic nitrogens is 4. The number of benzene rings is 1. The van der Waals surface area contributed by atoms with E-state index < -0.39 is 11.2 Å². The highest BCUT2D eigenvalue weighted by Crippen LogP contribution is 2.22. The van der Waals surface area contributed by atoms with Crippen molar-refractivity contribution in [1.29, 1.82) is 0 Å². The van der Waals surface area contributed by atoms with E-state index in [4.69, 9.17) is 11.6 Å². The summed E-state index contributed by atoms with van der Waals surface area (Å²) >= 11 is 6.09. The van der Waals surface area contributed by atoms with Crippen molar-refractivity contribution in [3.05, 3.63) is 110 Å². The van der Waals surface area contributed by atoms with Crippen LogP contribution in [0.15, 0.2) is 87.7 Å². The molecule has 138 valence electrons. The number of halogens is 1. The first-order chi connectivity index (χ1) is 13.5. The lowest BCUT2D eigenvalue weighted by atomic mass is 10.1. The van der Waals surface area contributed by atoms with E-state index >= 15 is 0 Å². The molecule has 0 saturated heterocycles. The van der Waals surface area contributed by atoms with Crippen LogP contribution in [-0.2, 0) is 0 Å². The number of H-pyrrole nitrogens is 1. The minimum atomic E-state index is -0.610. The second kappa shape index (κ2) is 7.13. The van der Waals surface area contributed by atoms with Crippen LogP contribution in [0.25, 0.3) is 22.5 Å². The lowest BCUT2D eigenvalue weighted by Crippen LogP contribution is -2.29. The summed E-state index contributed by atoms with van der Waals surface area (Å²) < 4.78 is 2.65. The molecule has 0 aliphatic carbocycles. The van der Waals surface area contributed by atoms with Gasteiger partial charge in [-0.3, -0.25) is 28.7 Å². The molecule has 4 rings (SSSR count).